The predicted molar refractivity (Wildman–Crippen MR) is 68.4 cm³/mol. The molecule has 0 amide bonds. The van der Waals surface area contributed by atoms with Gasteiger partial charge < -0.3 is 5.32 Å². The molecule has 17 heavy (non-hydrogen) atoms. The molecular weight excluding hydrogens is 282 g/mol. The molecule has 1 N–H and O–H groups in total. The zero-order valence-corrected chi connectivity index (χ0v) is 11.3. The molecule has 90 valence electrons. The van der Waals surface area contributed by atoms with Gasteiger partial charge in [0.1, 0.15) is 0 Å². The van der Waals surface area contributed by atoms with E-state index in [0.717, 1.165) is 22.4 Å². The Morgan fingerprint density at radius 2 is 2.29 bits per heavy atom. The summed E-state index contributed by atoms with van der Waals surface area (Å²) in [4.78, 5) is 4.33. The van der Waals surface area contributed by atoms with E-state index < -0.39 is 0 Å². The van der Waals surface area contributed by atoms with Crippen LogP contribution in [0, 0.1) is 0 Å². The Morgan fingerprint density at radius 3 is 2.82 bits per heavy atom. The van der Waals surface area contributed by atoms with Crippen LogP contribution in [0.3, 0.4) is 0 Å². The van der Waals surface area contributed by atoms with Crippen LogP contribution in [-0.4, -0.2) is 27.0 Å². The summed E-state index contributed by atoms with van der Waals surface area (Å²) in [6.07, 6.45) is 2.61. The molecule has 0 saturated heterocycles. The highest BCUT2D eigenvalue weighted by Gasteiger charge is 2.19. The first kappa shape index (κ1) is 12.2. The number of likely N-dealkylation sites (N-methyl/N-ethyl adjacent to an activating group) is 1. The number of nitrogens with zero attached hydrogens (tertiary/aromatic N) is 4. The molecule has 0 aliphatic rings. The second kappa shape index (κ2) is 5.37. The van der Waals surface area contributed by atoms with Crippen LogP contribution in [-0.2, 0) is 13.5 Å². The van der Waals surface area contributed by atoms with Crippen LogP contribution in [0.25, 0.3) is 0 Å². The molecule has 0 saturated carbocycles. The van der Waals surface area contributed by atoms with E-state index in [0.29, 0.717) is 0 Å². The quantitative estimate of drug-likeness (QED) is 0.928. The predicted octanol–water partition coefficient (Wildman–Crippen LogP) is 1.48. The fourth-order valence-corrected chi connectivity index (χ4v) is 2.38. The van der Waals surface area contributed by atoms with Crippen molar-refractivity contribution >= 4 is 15.9 Å². The summed E-state index contributed by atoms with van der Waals surface area (Å²) in [6.45, 7) is 0. The van der Waals surface area contributed by atoms with Crippen molar-refractivity contribution in [1.29, 1.82) is 0 Å². The molecule has 1 atom stereocenters. The summed E-state index contributed by atoms with van der Waals surface area (Å²) >= 11 is 3.42. The maximum Gasteiger partial charge on any atom is 0.153 e. The van der Waals surface area contributed by atoms with E-state index in [1.54, 1.807) is 10.9 Å². The molecule has 0 aliphatic heterocycles. The van der Waals surface area contributed by atoms with Gasteiger partial charge in [0, 0.05) is 25.4 Å². The van der Waals surface area contributed by atoms with Gasteiger partial charge in [-0.25, -0.2) is 4.68 Å². The van der Waals surface area contributed by atoms with Crippen molar-refractivity contribution in [3.8, 4) is 0 Å². The van der Waals surface area contributed by atoms with E-state index in [-0.39, 0.29) is 6.04 Å². The fraction of sp³-hybridized carbons (Fsp3) is 0.364. The average molecular weight is 296 g/mol. The van der Waals surface area contributed by atoms with Gasteiger partial charge in [-0.05, 0) is 35.1 Å². The Hall–Kier alpha value is -1.27. The Balaban J connectivity index is 2.23. The lowest BCUT2D eigenvalue weighted by molar-refractivity contribution is 0.528. The maximum absolute atomic E-state index is 4.33. The highest BCUT2D eigenvalue weighted by atomic mass is 79.9. The van der Waals surface area contributed by atoms with Crippen LogP contribution in [0.2, 0.25) is 0 Å². The maximum atomic E-state index is 4.33. The normalized spacial score (nSPS) is 12.6. The number of pyridine rings is 1. The molecule has 6 heteroatoms. The molecule has 2 rings (SSSR count). The van der Waals surface area contributed by atoms with E-state index in [4.69, 9.17) is 0 Å². The summed E-state index contributed by atoms with van der Waals surface area (Å²) in [7, 11) is 3.81. The van der Waals surface area contributed by atoms with Crippen molar-refractivity contribution in [3.63, 3.8) is 0 Å². The first-order valence-electron chi connectivity index (χ1n) is 5.34. The second-order valence-corrected chi connectivity index (χ2v) is 4.51. The summed E-state index contributed by atoms with van der Waals surface area (Å²) in [5.74, 6) is 0. The molecule has 0 fully saturated rings. The van der Waals surface area contributed by atoms with E-state index in [1.807, 2.05) is 32.3 Å². The lowest BCUT2D eigenvalue weighted by atomic mass is 10.1. The number of aromatic nitrogens is 4. The van der Waals surface area contributed by atoms with Crippen molar-refractivity contribution < 1.29 is 0 Å². The van der Waals surface area contributed by atoms with Gasteiger partial charge in [-0.15, -0.1) is 5.10 Å². The third-order valence-electron chi connectivity index (χ3n) is 2.64. The molecule has 1 unspecified atom stereocenters. The zero-order valence-electron chi connectivity index (χ0n) is 9.76. The van der Waals surface area contributed by atoms with Crippen LogP contribution >= 0.6 is 15.9 Å². The molecule has 5 nitrogen and oxygen atoms in total. The minimum absolute atomic E-state index is 0.138. The van der Waals surface area contributed by atoms with Gasteiger partial charge in [0.2, 0.25) is 0 Å². The van der Waals surface area contributed by atoms with Crippen molar-refractivity contribution in [2.75, 3.05) is 7.05 Å². The van der Waals surface area contributed by atoms with Crippen molar-refractivity contribution in [1.82, 2.24) is 25.3 Å². The summed E-state index contributed by atoms with van der Waals surface area (Å²) in [6, 6.07) is 6.06. The smallest absolute Gasteiger partial charge is 0.153 e. The van der Waals surface area contributed by atoms with Gasteiger partial charge in [-0.1, -0.05) is 11.3 Å². The summed E-state index contributed by atoms with van der Waals surface area (Å²) in [5.41, 5.74) is 2.07. The fourth-order valence-electron chi connectivity index (χ4n) is 1.77. The molecule has 0 aromatic carbocycles. The number of nitrogens with one attached hydrogen (secondary N) is 1. The standard InChI is InChI=1S/C11H14BrN5/c1-13-9(7-8-5-3-4-6-14-8)10-11(12)15-16-17(10)2/h3-6,9,13H,7H2,1-2H3. The number of hydrogen-bond donors (Lipinski definition) is 1. The first-order valence-corrected chi connectivity index (χ1v) is 6.14. The largest absolute Gasteiger partial charge is 0.311 e. The van der Waals surface area contributed by atoms with Crippen LogP contribution < -0.4 is 5.32 Å². The minimum atomic E-state index is 0.138. The number of hydrogen-bond acceptors (Lipinski definition) is 4. The molecule has 2 aromatic heterocycles. The van der Waals surface area contributed by atoms with E-state index in [2.05, 4.69) is 36.5 Å². The monoisotopic (exact) mass is 295 g/mol. The number of aryl methyl sites for hydroxylation is 1. The molecule has 0 aliphatic carbocycles. The lowest BCUT2D eigenvalue weighted by Gasteiger charge is -2.15. The third kappa shape index (κ3) is 2.70. The number of halogens is 1. The van der Waals surface area contributed by atoms with Gasteiger partial charge in [-0.2, -0.15) is 0 Å². The Morgan fingerprint density at radius 1 is 1.47 bits per heavy atom. The Bertz CT molecular complexity index is 462. The van der Waals surface area contributed by atoms with Gasteiger partial charge in [0.25, 0.3) is 0 Å². The Kier molecular flexibility index (Phi) is 3.86. The van der Waals surface area contributed by atoms with Crippen LogP contribution in [0.4, 0.5) is 0 Å². The molecule has 0 bridgehead atoms. The van der Waals surface area contributed by atoms with Crippen molar-refractivity contribution in [2.24, 2.45) is 7.05 Å². The van der Waals surface area contributed by atoms with E-state index in [1.165, 1.54) is 0 Å². The summed E-state index contributed by atoms with van der Waals surface area (Å²) in [5, 5.41) is 11.2. The highest BCUT2D eigenvalue weighted by Crippen LogP contribution is 2.22. The minimum Gasteiger partial charge on any atom is -0.311 e. The molecule has 2 heterocycles. The van der Waals surface area contributed by atoms with Crippen LogP contribution in [0.5, 0.6) is 0 Å². The van der Waals surface area contributed by atoms with Gasteiger partial charge in [0.15, 0.2) is 4.60 Å². The molecule has 0 radical (unpaired) electrons. The van der Waals surface area contributed by atoms with E-state index >= 15 is 0 Å². The zero-order chi connectivity index (χ0) is 12.3. The second-order valence-electron chi connectivity index (χ2n) is 3.76. The van der Waals surface area contributed by atoms with Gasteiger partial charge in [0.05, 0.1) is 11.7 Å². The average Bonchev–Trinajstić information content (AvgIpc) is 2.68. The van der Waals surface area contributed by atoms with Gasteiger partial charge >= 0.3 is 0 Å². The van der Waals surface area contributed by atoms with Crippen LogP contribution in [0.1, 0.15) is 17.4 Å². The third-order valence-corrected chi connectivity index (χ3v) is 3.21. The SMILES string of the molecule is CNC(Cc1ccccn1)c1c(Br)nnn1C. The lowest BCUT2D eigenvalue weighted by Crippen LogP contribution is -2.22. The van der Waals surface area contributed by atoms with Crippen molar-refractivity contribution in [2.45, 2.75) is 12.5 Å². The highest BCUT2D eigenvalue weighted by molar-refractivity contribution is 9.10. The Labute approximate surface area is 108 Å². The number of rotatable bonds is 4. The molecule has 0 spiro atoms. The summed E-state index contributed by atoms with van der Waals surface area (Å²) < 4.78 is 2.55. The first-order chi connectivity index (χ1) is 8.22. The molecular formula is C11H14BrN5. The topological polar surface area (TPSA) is 55.6 Å². The van der Waals surface area contributed by atoms with E-state index in [9.17, 15) is 0 Å². The molecule has 2 aromatic rings. The van der Waals surface area contributed by atoms with Crippen molar-refractivity contribution in [3.05, 3.63) is 40.4 Å². The van der Waals surface area contributed by atoms with Gasteiger partial charge in [-0.3, -0.25) is 4.98 Å². The van der Waals surface area contributed by atoms with Crippen LogP contribution in [0.15, 0.2) is 29.0 Å².